The zero-order valence-corrected chi connectivity index (χ0v) is 14.1. The SMILES string of the molecule is Cc1ccnc(Nc2ncnc(NNC(=O)c3ccncc3)c2[N+](=O)[O-])c1. The number of nitro groups is 1. The van der Waals surface area contributed by atoms with Crippen LogP contribution >= 0.6 is 0 Å². The van der Waals surface area contributed by atoms with Crippen LogP contribution in [0.2, 0.25) is 0 Å². The van der Waals surface area contributed by atoms with E-state index in [-0.39, 0.29) is 11.6 Å². The molecule has 0 aliphatic carbocycles. The van der Waals surface area contributed by atoms with Gasteiger partial charge in [-0.15, -0.1) is 0 Å². The zero-order chi connectivity index (χ0) is 19.2. The molecule has 136 valence electrons. The van der Waals surface area contributed by atoms with Gasteiger partial charge >= 0.3 is 5.69 Å². The molecule has 0 fully saturated rings. The Morgan fingerprint density at radius 2 is 1.81 bits per heavy atom. The molecule has 0 aliphatic heterocycles. The molecule has 11 heteroatoms. The molecule has 0 saturated carbocycles. The Morgan fingerprint density at radius 1 is 1.07 bits per heavy atom. The van der Waals surface area contributed by atoms with Crippen molar-refractivity contribution in [2.75, 3.05) is 10.7 Å². The number of hydrogen-bond acceptors (Lipinski definition) is 9. The maximum Gasteiger partial charge on any atom is 0.355 e. The van der Waals surface area contributed by atoms with Crippen molar-refractivity contribution in [3.05, 3.63) is 70.4 Å². The van der Waals surface area contributed by atoms with Crippen molar-refractivity contribution in [1.82, 2.24) is 25.4 Å². The number of carbonyl (C=O) groups is 1. The van der Waals surface area contributed by atoms with Crippen LogP contribution in [-0.4, -0.2) is 30.8 Å². The Morgan fingerprint density at radius 3 is 2.52 bits per heavy atom. The summed E-state index contributed by atoms with van der Waals surface area (Å²) in [6.07, 6.45) is 5.61. The van der Waals surface area contributed by atoms with E-state index in [2.05, 4.69) is 36.1 Å². The number of aryl methyl sites for hydroxylation is 1. The van der Waals surface area contributed by atoms with Gasteiger partial charge in [0.05, 0.1) is 4.92 Å². The van der Waals surface area contributed by atoms with E-state index in [9.17, 15) is 14.9 Å². The topological polar surface area (TPSA) is 148 Å². The third kappa shape index (κ3) is 4.28. The molecule has 3 aromatic rings. The molecule has 11 nitrogen and oxygen atoms in total. The fourth-order valence-corrected chi connectivity index (χ4v) is 2.15. The molecule has 0 aliphatic rings. The number of aromatic nitrogens is 4. The molecule has 3 heterocycles. The third-order valence-corrected chi connectivity index (χ3v) is 3.40. The molecule has 0 radical (unpaired) electrons. The van der Waals surface area contributed by atoms with Crippen LogP contribution in [0.15, 0.2) is 49.2 Å². The summed E-state index contributed by atoms with van der Waals surface area (Å²) in [7, 11) is 0. The van der Waals surface area contributed by atoms with Gasteiger partial charge in [0.2, 0.25) is 11.6 Å². The highest BCUT2D eigenvalue weighted by Gasteiger charge is 2.24. The summed E-state index contributed by atoms with van der Waals surface area (Å²) in [6, 6.07) is 6.51. The minimum atomic E-state index is -0.654. The van der Waals surface area contributed by atoms with E-state index < -0.39 is 16.5 Å². The second kappa shape index (κ2) is 7.82. The Kier molecular flexibility index (Phi) is 5.12. The Bertz CT molecular complexity index is 980. The first-order valence-electron chi connectivity index (χ1n) is 7.70. The highest BCUT2D eigenvalue weighted by molar-refractivity contribution is 5.94. The number of rotatable bonds is 6. The van der Waals surface area contributed by atoms with E-state index in [4.69, 9.17) is 0 Å². The first-order valence-corrected chi connectivity index (χ1v) is 7.70. The summed E-state index contributed by atoms with van der Waals surface area (Å²) in [6.45, 7) is 1.86. The molecular formula is C16H14N8O3. The van der Waals surface area contributed by atoms with Gasteiger partial charge in [0.25, 0.3) is 5.91 Å². The van der Waals surface area contributed by atoms with E-state index in [0.717, 1.165) is 11.9 Å². The number of nitrogens with one attached hydrogen (secondary N) is 3. The van der Waals surface area contributed by atoms with Gasteiger partial charge in [-0.3, -0.25) is 30.7 Å². The smallest absolute Gasteiger partial charge is 0.319 e. The summed E-state index contributed by atoms with van der Waals surface area (Å²) < 4.78 is 0. The highest BCUT2D eigenvalue weighted by atomic mass is 16.6. The van der Waals surface area contributed by atoms with E-state index >= 15 is 0 Å². The molecule has 27 heavy (non-hydrogen) atoms. The minimum Gasteiger partial charge on any atom is -0.319 e. The summed E-state index contributed by atoms with van der Waals surface area (Å²) in [4.78, 5) is 38.6. The molecule has 0 saturated heterocycles. The number of carbonyl (C=O) groups excluding carboxylic acids is 1. The second-order valence-corrected chi connectivity index (χ2v) is 5.34. The van der Waals surface area contributed by atoms with Crippen molar-refractivity contribution in [3.63, 3.8) is 0 Å². The van der Waals surface area contributed by atoms with Gasteiger partial charge in [-0.05, 0) is 36.8 Å². The fraction of sp³-hybridized carbons (Fsp3) is 0.0625. The average molecular weight is 366 g/mol. The van der Waals surface area contributed by atoms with Crippen LogP contribution in [0.3, 0.4) is 0 Å². The number of pyridine rings is 2. The van der Waals surface area contributed by atoms with Crippen LogP contribution in [0.5, 0.6) is 0 Å². The molecule has 0 unspecified atom stereocenters. The van der Waals surface area contributed by atoms with Gasteiger partial charge in [-0.25, -0.2) is 15.0 Å². The largest absolute Gasteiger partial charge is 0.355 e. The van der Waals surface area contributed by atoms with Crippen LogP contribution < -0.4 is 16.2 Å². The fourth-order valence-electron chi connectivity index (χ4n) is 2.15. The molecule has 3 aromatic heterocycles. The first kappa shape index (κ1) is 17.7. The average Bonchev–Trinajstić information content (AvgIpc) is 2.66. The van der Waals surface area contributed by atoms with E-state index in [1.165, 1.54) is 24.5 Å². The standard InChI is InChI=1S/C16H14N8O3/c1-10-2-7-18-12(8-10)21-14-13(24(26)27)15(20-9-19-14)22-23-16(25)11-3-5-17-6-4-11/h2-9H,1H3,(H,23,25)(H2,18,19,20,21,22). The summed E-state index contributed by atoms with van der Waals surface area (Å²) >= 11 is 0. The van der Waals surface area contributed by atoms with Gasteiger partial charge in [-0.1, -0.05) is 0 Å². The number of amides is 1. The maximum atomic E-state index is 12.1. The quantitative estimate of drug-likeness (QED) is 0.440. The number of anilines is 3. The van der Waals surface area contributed by atoms with Gasteiger partial charge < -0.3 is 5.32 Å². The van der Waals surface area contributed by atoms with Crippen LogP contribution in [0, 0.1) is 17.0 Å². The number of nitrogens with zero attached hydrogens (tertiary/aromatic N) is 5. The summed E-state index contributed by atoms with van der Waals surface area (Å²) in [5.74, 6) is -0.343. The lowest BCUT2D eigenvalue weighted by Crippen LogP contribution is -2.30. The minimum absolute atomic E-state index is 0.0613. The summed E-state index contributed by atoms with van der Waals surface area (Å²) in [5.41, 5.74) is 5.63. The number of hydrogen-bond donors (Lipinski definition) is 3. The van der Waals surface area contributed by atoms with Crippen molar-refractivity contribution in [3.8, 4) is 0 Å². The van der Waals surface area contributed by atoms with Crippen LogP contribution in [0.1, 0.15) is 15.9 Å². The predicted molar refractivity (Wildman–Crippen MR) is 96.3 cm³/mol. The van der Waals surface area contributed by atoms with Crippen molar-refractivity contribution in [1.29, 1.82) is 0 Å². The predicted octanol–water partition coefficient (Wildman–Crippen LogP) is 1.98. The van der Waals surface area contributed by atoms with Gasteiger partial charge in [0.1, 0.15) is 12.1 Å². The molecule has 0 spiro atoms. The Hall–Kier alpha value is -4.15. The van der Waals surface area contributed by atoms with Crippen LogP contribution in [0.4, 0.5) is 23.1 Å². The Labute approximate surface area is 153 Å². The maximum absolute atomic E-state index is 12.1. The van der Waals surface area contributed by atoms with E-state index in [1.54, 1.807) is 18.3 Å². The lowest BCUT2D eigenvalue weighted by Gasteiger charge is -2.10. The van der Waals surface area contributed by atoms with Crippen molar-refractivity contribution < 1.29 is 9.72 Å². The highest BCUT2D eigenvalue weighted by Crippen LogP contribution is 2.30. The second-order valence-electron chi connectivity index (χ2n) is 5.34. The molecule has 0 bridgehead atoms. The van der Waals surface area contributed by atoms with Gasteiger partial charge in [0.15, 0.2) is 0 Å². The van der Waals surface area contributed by atoms with Crippen LogP contribution in [0.25, 0.3) is 0 Å². The number of hydrazine groups is 1. The van der Waals surface area contributed by atoms with Gasteiger partial charge in [0, 0.05) is 24.2 Å². The lowest BCUT2D eigenvalue weighted by atomic mass is 10.3. The van der Waals surface area contributed by atoms with Crippen molar-refractivity contribution in [2.24, 2.45) is 0 Å². The Balaban J connectivity index is 1.83. The molecule has 0 atom stereocenters. The third-order valence-electron chi connectivity index (χ3n) is 3.40. The van der Waals surface area contributed by atoms with Crippen molar-refractivity contribution >= 4 is 29.0 Å². The first-order chi connectivity index (χ1) is 13.0. The molecule has 0 aromatic carbocycles. The lowest BCUT2D eigenvalue weighted by molar-refractivity contribution is -0.383. The summed E-state index contributed by atoms with van der Waals surface area (Å²) in [5, 5.41) is 14.3. The monoisotopic (exact) mass is 366 g/mol. The van der Waals surface area contributed by atoms with Crippen molar-refractivity contribution in [2.45, 2.75) is 6.92 Å². The molecule has 3 N–H and O–H groups in total. The molecule has 3 rings (SSSR count). The van der Waals surface area contributed by atoms with Gasteiger partial charge in [-0.2, -0.15) is 0 Å². The molecule has 1 amide bonds. The van der Waals surface area contributed by atoms with E-state index in [0.29, 0.717) is 11.4 Å². The van der Waals surface area contributed by atoms with E-state index in [1.807, 2.05) is 6.92 Å². The van der Waals surface area contributed by atoms with Crippen LogP contribution in [-0.2, 0) is 0 Å². The normalized spacial score (nSPS) is 10.1. The zero-order valence-electron chi connectivity index (χ0n) is 14.1. The molecular weight excluding hydrogens is 352 g/mol.